The summed E-state index contributed by atoms with van der Waals surface area (Å²) in [5.41, 5.74) is -6.12. The van der Waals surface area contributed by atoms with Crippen molar-refractivity contribution in [1.82, 2.24) is 0 Å². The van der Waals surface area contributed by atoms with Gasteiger partial charge in [0.15, 0.2) is 11.6 Å². The topological polar surface area (TPSA) is 268 Å². The molecule has 0 amide bonds. The second-order valence-corrected chi connectivity index (χ2v) is 9.89. The molecule has 0 bridgehead atoms. The SMILES string of the molecule is C=CC(=O)OC(C(=O)C=C)(C(=O)C=C)C(CO)(COCC(CO)(CO)CO)C(O)(C(=O)C=C)C(=O)C=C.Nc1ccccc1C(=O)O. The summed E-state index contributed by atoms with van der Waals surface area (Å²) in [6.45, 7) is 9.77. The number of aliphatic hydroxyl groups is 5. The summed E-state index contributed by atoms with van der Waals surface area (Å²) in [6.07, 6.45) is 2.35. The summed E-state index contributed by atoms with van der Waals surface area (Å²) in [7, 11) is 0. The molecule has 0 aromatic heterocycles. The van der Waals surface area contributed by atoms with E-state index in [1.54, 1.807) is 18.2 Å². The average Bonchev–Trinajstić information content (AvgIpc) is 3.09. The first-order valence-electron chi connectivity index (χ1n) is 13.4. The van der Waals surface area contributed by atoms with Gasteiger partial charge in [-0.15, -0.1) is 0 Å². The summed E-state index contributed by atoms with van der Waals surface area (Å²) >= 11 is 0. The van der Waals surface area contributed by atoms with Gasteiger partial charge in [0, 0.05) is 11.8 Å². The number of carbonyl (C=O) groups excluding carboxylic acids is 5. The molecule has 15 heteroatoms. The van der Waals surface area contributed by atoms with Gasteiger partial charge in [-0.1, -0.05) is 45.0 Å². The van der Waals surface area contributed by atoms with E-state index in [0.29, 0.717) is 36.1 Å². The van der Waals surface area contributed by atoms with E-state index < -0.39 is 96.7 Å². The molecule has 0 saturated heterocycles. The Balaban J connectivity index is 0.00000178. The number of hydrogen-bond donors (Lipinski definition) is 7. The van der Waals surface area contributed by atoms with Crippen LogP contribution in [0.2, 0.25) is 0 Å². The van der Waals surface area contributed by atoms with Crippen LogP contribution in [0.3, 0.4) is 0 Å². The number of esters is 1. The lowest BCUT2D eigenvalue weighted by Gasteiger charge is -2.51. The first-order valence-corrected chi connectivity index (χ1v) is 13.4. The van der Waals surface area contributed by atoms with Gasteiger partial charge in [0.25, 0.3) is 0 Å². The molecule has 8 N–H and O–H groups in total. The number of nitrogen functional groups attached to an aromatic ring is 1. The molecule has 0 saturated carbocycles. The highest BCUT2D eigenvalue weighted by Crippen LogP contribution is 2.48. The van der Waals surface area contributed by atoms with E-state index in [1.807, 2.05) is 0 Å². The zero-order chi connectivity index (χ0) is 36.6. The van der Waals surface area contributed by atoms with Crippen molar-refractivity contribution in [2.24, 2.45) is 10.8 Å². The van der Waals surface area contributed by atoms with Gasteiger partial charge in [-0.05, 0) is 36.4 Å². The highest BCUT2D eigenvalue weighted by Gasteiger charge is 2.74. The minimum absolute atomic E-state index is 0.155. The molecule has 1 unspecified atom stereocenters. The molecule has 1 aromatic carbocycles. The normalized spacial score (nSPS) is 12.5. The smallest absolute Gasteiger partial charge is 0.337 e. The number of nitrogens with two attached hydrogens (primary N) is 1. The van der Waals surface area contributed by atoms with E-state index in [-0.39, 0.29) is 5.56 Å². The largest absolute Gasteiger partial charge is 0.478 e. The molecule has 1 aromatic rings. The Morgan fingerprint density at radius 1 is 0.702 bits per heavy atom. The van der Waals surface area contributed by atoms with Gasteiger partial charge in [0.05, 0.1) is 50.6 Å². The highest BCUT2D eigenvalue weighted by atomic mass is 16.6. The Bertz CT molecular complexity index is 1350. The van der Waals surface area contributed by atoms with Crippen LogP contribution in [0, 0.1) is 10.8 Å². The van der Waals surface area contributed by atoms with Crippen molar-refractivity contribution >= 4 is 40.8 Å². The number of para-hydroxylation sites is 1. The van der Waals surface area contributed by atoms with Crippen LogP contribution in [0.4, 0.5) is 5.69 Å². The molecule has 0 aliphatic carbocycles. The van der Waals surface area contributed by atoms with Crippen molar-refractivity contribution in [3.8, 4) is 0 Å². The van der Waals surface area contributed by atoms with Gasteiger partial charge < -0.3 is 45.8 Å². The van der Waals surface area contributed by atoms with E-state index in [1.165, 1.54) is 6.07 Å². The molecule has 0 spiro atoms. The number of benzene rings is 1. The average molecular weight is 662 g/mol. The summed E-state index contributed by atoms with van der Waals surface area (Å²) in [5, 5.41) is 59.6. The summed E-state index contributed by atoms with van der Waals surface area (Å²) < 4.78 is 10.5. The quantitative estimate of drug-likeness (QED) is 0.0365. The Morgan fingerprint density at radius 2 is 1.15 bits per heavy atom. The number of carboxylic acids is 1. The second-order valence-electron chi connectivity index (χ2n) is 9.89. The van der Waals surface area contributed by atoms with Gasteiger partial charge in [0.2, 0.25) is 22.8 Å². The molecule has 0 heterocycles. The van der Waals surface area contributed by atoms with Crippen LogP contribution >= 0.6 is 0 Å². The number of carbonyl (C=O) groups is 6. The Hall–Kier alpha value is -4.90. The maximum Gasteiger partial charge on any atom is 0.337 e. The molecule has 47 heavy (non-hydrogen) atoms. The Kier molecular flexibility index (Phi) is 16.4. The number of aromatic carboxylic acids is 1. The predicted molar refractivity (Wildman–Crippen MR) is 167 cm³/mol. The molecular formula is C32H39NO14. The monoisotopic (exact) mass is 661 g/mol. The predicted octanol–water partition coefficient (Wildman–Crippen LogP) is -0.868. The molecule has 256 valence electrons. The maximum atomic E-state index is 13.3. The molecular weight excluding hydrogens is 622 g/mol. The first kappa shape index (κ1) is 42.1. The highest BCUT2D eigenvalue weighted by molar-refractivity contribution is 6.25. The van der Waals surface area contributed by atoms with Crippen LogP contribution in [0.15, 0.2) is 87.5 Å². The fourth-order valence-electron chi connectivity index (χ4n) is 4.31. The summed E-state index contributed by atoms with van der Waals surface area (Å²) in [5.74, 6) is -8.57. The van der Waals surface area contributed by atoms with Crippen molar-refractivity contribution < 1.29 is 68.9 Å². The minimum Gasteiger partial charge on any atom is -0.478 e. The molecule has 1 atom stereocenters. The van der Waals surface area contributed by atoms with Gasteiger partial charge in [-0.3, -0.25) is 19.2 Å². The molecule has 0 radical (unpaired) electrons. The van der Waals surface area contributed by atoms with E-state index in [9.17, 15) is 54.3 Å². The fraction of sp³-hybridized carbons (Fsp3) is 0.312. The lowest BCUT2D eigenvalue weighted by molar-refractivity contribution is -0.228. The van der Waals surface area contributed by atoms with Crippen molar-refractivity contribution in [1.29, 1.82) is 0 Å². The van der Waals surface area contributed by atoms with Crippen molar-refractivity contribution in [3.05, 3.63) is 93.1 Å². The third-order valence-corrected chi connectivity index (χ3v) is 7.16. The van der Waals surface area contributed by atoms with Crippen molar-refractivity contribution in [3.63, 3.8) is 0 Å². The lowest BCUT2D eigenvalue weighted by Crippen LogP contribution is -2.76. The van der Waals surface area contributed by atoms with Gasteiger partial charge in [-0.2, -0.15) is 0 Å². The van der Waals surface area contributed by atoms with Crippen LogP contribution in [-0.2, 0) is 33.4 Å². The number of rotatable bonds is 21. The van der Waals surface area contributed by atoms with Gasteiger partial charge >= 0.3 is 11.9 Å². The first-order chi connectivity index (χ1) is 22.0. The number of anilines is 1. The molecule has 0 aliphatic heterocycles. The standard InChI is InChI=1S/C25H32O12.C7H7NO2/c1-6-17(30)24(35,18(31)7-2)23(14-29,16-36-15-22(11-26,12-27)13-28)25(19(32)8-3,20(33)9-4)37-21(34)10-5;8-6-4-2-1-3-5(6)7(9)10/h6-10,26-29,35H,1-5,11-16H2;1-4H,8H2,(H,9,10). The Morgan fingerprint density at radius 3 is 1.47 bits per heavy atom. The van der Waals surface area contributed by atoms with Crippen LogP contribution < -0.4 is 5.73 Å². The number of carboxylic acid groups (broad SMARTS) is 1. The summed E-state index contributed by atoms with van der Waals surface area (Å²) in [4.78, 5) is 75.4. The van der Waals surface area contributed by atoms with Crippen molar-refractivity contribution in [2.75, 3.05) is 45.4 Å². The molecule has 15 nitrogen and oxygen atoms in total. The number of hydrogen-bond acceptors (Lipinski definition) is 14. The van der Waals surface area contributed by atoms with E-state index in [0.717, 1.165) is 0 Å². The van der Waals surface area contributed by atoms with E-state index in [2.05, 4.69) is 32.9 Å². The van der Waals surface area contributed by atoms with Gasteiger partial charge in [0.1, 0.15) is 5.41 Å². The second kappa shape index (κ2) is 18.3. The van der Waals surface area contributed by atoms with E-state index in [4.69, 9.17) is 20.3 Å². The number of ketones is 4. The third-order valence-electron chi connectivity index (χ3n) is 7.16. The van der Waals surface area contributed by atoms with E-state index >= 15 is 0 Å². The maximum absolute atomic E-state index is 13.3. The summed E-state index contributed by atoms with van der Waals surface area (Å²) in [6, 6.07) is 6.36. The minimum atomic E-state index is -3.59. The van der Waals surface area contributed by atoms with Crippen LogP contribution in [0.25, 0.3) is 0 Å². The van der Waals surface area contributed by atoms with Gasteiger partial charge in [-0.25, -0.2) is 9.59 Å². The molecule has 0 fully saturated rings. The molecule has 0 aliphatic rings. The van der Waals surface area contributed by atoms with Crippen LogP contribution in [0.1, 0.15) is 10.4 Å². The number of aliphatic hydroxyl groups excluding tert-OH is 4. The molecule has 1 rings (SSSR count). The van der Waals surface area contributed by atoms with Crippen molar-refractivity contribution in [2.45, 2.75) is 11.2 Å². The third kappa shape index (κ3) is 8.28. The Labute approximate surface area is 270 Å². The fourth-order valence-corrected chi connectivity index (χ4v) is 4.31. The van der Waals surface area contributed by atoms with Crippen LogP contribution in [-0.4, -0.2) is 117 Å². The lowest BCUT2D eigenvalue weighted by atomic mass is 9.56. The van der Waals surface area contributed by atoms with Crippen LogP contribution in [0.5, 0.6) is 0 Å². The zero-order valence-corrected chi connectivity index (χ0v) is 25.5. The number of ether oxygens (including phenoxy) is 2. The zero-order valence-electron chi connectivity index (χ0n) is 25.5.